The molecule has 0 unspecified atom stereocenters. The van der Waals surface area contributed by atoms with E-state index in [4.69, 9.17) is 4.98 Å². The van der Waals surface area contributed by atoms with Crippen LogP contribution in [0.2, 0.25) is 0 Å². The number of anilines is 1. The Bertz CT molecular complexity index is 901. The van der Waals surface area contributed by atoms with Crippen molar-refractivity contribution in [1.82, 2.24) is 15.2 Å². The predicted molar refractivity (Wildman–Crippen MR) is 108 cm³/mol. The van der Waals surface area contributed by atoms with E-state index < -0.39 is 0 Å². The minimum atomic E-state index is 0.0263. The molecule has 1 N–H and O–H groups in total. The van der Waals surface area contributed by atoms with E-state index in [1.165, 1.54) is 11.1 Å². The summed E-state index contributed by atoms with van der Waals surface area (Å²) in [6.45, 7) is 5.65. The second kappa shape index (κ2) is 7.33. The number of piperazine rings is 1. The molecule has 134 valence electrons. The first kappa shape index (κ1) is 16.8. The molecule has 1 fully saturated rings. The number of urea groups is 1. The van der Waals surface area contributed by atoms with Gasteiger partial charge in [0, 0.05) is 43.7 Å². The number of hydrogen-bond acceptors (Lipinski definition) is 4. The van der Waals surface area contributed by atoms with Crippen LogP contribution >= 0.6 is 11.3 Å². The highest BCUT2D eigenvalue weighted by Crippen LogP contribution is 2.30. The molecule has 1 saturated heterocycles. The Labute approximate surface area is 157 Å². The van der Waals surface area contributed by atoms with Crippen LogP contribution in [0.3, 0.4) is 0 Å². The Morgan fingerprint density at radius 3 is 2.73 bits per heavy atom. The van der Waals surface area contributed by atoms with Crippen LogP contribution < -0.4 is 10.2 Å². The van der Waals surface area contributed by atoms with E-state index in [2.05, 4.69) is 57.4 Å². The van der Waals surface area contributed by atoms with Gasteiger partial charge in [0.15, 0.2) is 0 Å². The number of aromatic nitrogens is 1. The number of carbonyl (C=O) groups is 1. The van der Waals surface area contributed by atoms with Gasteiger partial charge in [-0.2, -0.15) is 11.3 Å². The Kier molecular flexibility index (Phi) is 4.75. The molecule has 0 aliphatic carbocycles. The van der Waals surface area contributed by atoms with Gasteiger partial charge in [0.05, 0.1) is 5.52 Å². The van der Waals surface area contributed by atoms with Gasteiger partial charge in [-0.05, 0) is 41.4 Å². The molecule has 0 bridgehead atoms. The topological polar surface area (TPSA) is 48.5 Å². The second-order valence-corrected chi connectivity index (χ2v) is 7.15. The van der Waals surface area contributed by atoms with Gasteiger partial charge < -0.3 is 15.1 Å². The van der Waals surface area contributed by atoms with Gasteiger partial charge in [0.25, 0.3) is 0 Å². The summed E-state index contributed by atoms with van der Waals surface area (Å²) in [7, 11) is 0. The van der Waals surface area contributed by atoms with Gasteiger partial charge in [0.2, 0.25) is 0 Å². The van der Waals surface area contributed by atoms with Crippen LogP contribution in [0.5, 0.6) is 0 Å². The van der Waals surface area contributed by atoms with Crippen molar-refractivity contribution < 1.29 is 4.79 Å². The number of pyridine rings is 1. The van der Waals surface area contributed by atoms with Crippen molar-refractivity contribution in [2.75, 3.05) is 37.6 Å². The first-order chi connectivity index (χ1) is 12.8. The summed E-state index contributed by atoms with van der Waals surface area (Å²) in [4.78, 5) is 21.1. The molecule has 5 nitrogen and oxygen atoms in total. The zero-order valence-corrected chi connectivity index (χ0v) is 15.6. The van der Waals surface area contributed by atoms with E-state index in [0.717, 1.165) is 42.9 Å². The Morgan fingerprint density at radius 2 is 2.00 bits per heavy atom. The van der Waals surface area contributed by atoms with Crippen LogP contribution in [0.15, 0.2) is 47.2 Å². The summed E-state index contributed by atoms with van der Waals surface area (Å²) in [5, 5.41) is 8.28. The SMILES string of the molecule is CCNC(=O)N1CCN(c2ccc3cccc(-c4ccsc4)c3n2)CC1. The van der Waals surface area contributed by atoms with Crippen LogP contribution in [0.25, 0.3) is 22.0 Å². The monoisotopic (exact) mass is 366 g/mol. The molecule has 1 aliphatic rings. The molecule has 4 rings (SSSR count). The number of fused-ring (bicyclic) bond motifs is 1. The molecule has 26 heavy (non-hydrogen) atoms. The Morgan fingerprint density at radius 1 is 1.15 bits per heavy atom. The minimum absolute atomic E-state index is 0.0263. The van der Waals surface area contributed by atoms with Gasteiger partial charge >= 0.3 is 6.03 Å². The molecule has 0 atom stereocenters. The van der Waals surface area contributed by atoms with Crippen LogP contribution in [0, 0.1) is 0 Å². The predicted octanol–water partition coefficient (Wildman–Crippen LogP) is 3.81. The lowest BCUT2D eigenvalue weighted by Crippen LogP contribution is -2.52. The minimum Gasteiger partial charge on any atom is -0.353 e. The van der Waals surface area contributed by atoms with Gasteiger partial charge in [0.1, 0.15) is 5.82 Å². The van der Waals surface area contributed by atoms with Crippen molar-refractivity contribution in [2.45, 2.75) is 6.92 Å². The van der Waals surface area contributed by atoms with Gasteiger partial charge in [-0.3, -0.25) is 0 Å². The summed E-state index contributed by atoms with van der Waals surface area (Å²) < 4.78 is 0. The second-order valence-electron chi connectivity index (χ2n) is 6.37. The number of para-hydroxylation sites is 1. The van der Waals surface area contributed by atoms with Gasteiger partial charge in [-0.25, -0.2) is 9.78 Å². The smallest absolute Gasteiger partial charge is 0.317 e. The van der Waals surface area contributed by atoms with Crippen molar-refractivity contribution in [3.63, 3.8) is 0 Å². The first-order valence-electron chi connectivity index (χ1n) is 8.96. The number of amides is 2. The van der Waals surface area contributed by atoms with Crippen LogP contribution in [0.4, 0.5) is 10.6 Å². The van der Waals surface area contributed by atoms with E-state index in [-0.39, 0.29) is 6.03 Å². The number of nitrogens with zero attached hydrogens (tertiary/aromatic N) is 3. The largest absolute Gasteiger partial charge is 0.353 e. The molecule has 1 aliphatic heterocycles. The highest BCUT2D eigenvalue weighted by Gasteiger charge is 2.21. The summed E-state index contributed by atoms with van der Waals surface area (Å²) in [6.07, 6.45) is 0. The average molecular weight is 366 g/mol. The third-order valence-electron chi connectivity index (χ3n) is 4.76. The van der Waals surface area contributed by atoms with Crippen molar-refractivity contribution >= 4 is 34.1 Å². The zero-order valence-electron chi connectivity index (χ0n) is 14.8. The third-order valence-corrected chi connectivity index (χ3v) is 5.44. The number of hydrogen-bond donors (Lipinski definition) is 1. The van der Waals surface area contributed by atoms with E-state index in [1.807, 2.05) is 11.8 Å². The van der Waals surface area contributed by atoms with Crippen molar-refractivity contribution in [3.8, 4) is 11.1 Å². The third kappa shape index (κ3) is 3.24. The number of nitrogens with one attached hydrogen (secondary N) is 1. The molecule has 0 saturated carbocycles. The fraction of sp³-hybridized carbons (Fsp3) is 0.300. The molecule has 3 aromatic rings. The number of carbonyl (C=O) groups excluding carboxylic acids is 1. The normalized spacial score (nSPS) is 14.7. The van der Waals surface area contributed by atoms with Crippen LogP contribution in [-0.2, 0) is 0 Å². The maximum absolute atomic E-state index is 12.0. The standard InChI is InChI=1S/C20H22N4OS/c1-2-21-20(25)24-11-9-23(10-12-24)18-7-6-15-4-3-5-17(19(15)22-18)16-8-13-26-14-16/h3-8,13-14H,2,9-12H2,1H3,(H,21,25). The maximum Gasteiger partial charge on any atom is 0.317 e. The van der Waals surface area contributed by atoms with Crippen molar-refractivity contribution in [2.24, 2.45) is 0 Å². The molecule has 3 heterocycles. The molecule has 2 aromatic heterocycles. The van der Waals surface area contributed by atoms with Gasteiger partial charge in [-0.1, -0.05) is 18.2 Å². The van der Waals surface area contributed by atoms with E-state index >= 15 is 0 Å². The molecule has 0 radical (unpaired) electrons. The molecule has 0 spiro atoms. The van der Waals surface area contributed by atoms with E-state index in [0.29, 0.717) is 6.54 Å². The van der Waals surface area contributed by atoms with Crippen LogP contribution in [-0.4, -0.2) is 48.6 Å². The molecule has 6 heteroatoms. The lowest BCUT2D eigenvalue weighted by molar-refractivity contribution is 0.195. The first-order valence-corrected chi connectivity index (χ1v) is 9.90. The summed E-state index contributed by atoms with van der Waals surface area (Å²) in [5.74, 6) is 0.982. The summed E-state index contributed by atoms with van der Waals surface area (Å²) in [6, 6.07) is 12.7. The zero-order chi connectivity index (χ0) is 17.9. The number of thiophene rings is 1. The molecule has 2 amide bonds. The van der Waals surface area contributed by atoms with Gasteiger partial charge in [-0.15, -0.1) is 0 Å². The van der Waals surface area contributed by atoms with Crippen molar-refractivity contribution in [3.05, 3.63) is 47.2 Å². The lowest BCUT2D eigenvalue weighted by atomic mass is 10.0. The lowest BCUT2D eigenvalue weighted by Gasteiger charge is -2.35. The highest BCUT2D eigenvalue weighted by molar-refractivity contribution is 7.08. The quantitative estimate of drug-likeness (QED) is 0.767. The highest BCUT2D eigenvalue weighted by atomic mass is 32.1. The fourth-order valence-electron chi connectivity index (χ4n) is 3.37. The fourth-order valence-corrected chi connectivity index (χ4v) is 4.02. The average Bonchev–Trinajstić information content (AvgIpc) is 3.22. The summed E-state index contributed by atoms with van der Waals surface area (Å²) >= 11 is 1.70. The Hall–Kier alpha value is -2.60. The Balaban J connectivity index is 1.58. The number of rotatable bonds is 3. The number of benzene rings is 1. The molecular formula is C20H22N4OS. The molecular weight excluding hydrogens is 344 g/mol. The van der Waals surface area contributed by atoms with E-state index in [9.17, 15) is 4.79 Å². The maximum atomic E-state index is 12.0. The molecule has 1 aromatic carbocycles. The van der Waals surface area contributed by atoms with Crippen LogP contribution in [0.1, 0.15) is 6.92 Å². The van der Waals surface area contributed by atoms with Crippen molar-refractivity contribution in [1.29, 1.82) is 0 Å². The van der Waals surface area contributed by atoms with E-state index in [1.54, 1.807) is 11.3 Å². The summed E-state index contributed by atoms with van der Waals surface area (Å²) in [5.41, 5.74) is 3.42.